The lowest BCUT2D eigenvalue weighted by molar-refractivity contribution is 0.0683. The highest BCUT2D eigenvalue weighted by atomic mass is 35.5. The minimum absolute atomic E-state index is 0.193. The molecule has 0 bridgehead atoms. The molecule has 0 saturated heterocycles. The van der Waals surface area contributed by atoms with Crippen LogP contribution in [0.4, 0.5) is 0 Å². The van der Waals surface area contributed by atoms with E-state index < -0.39 is 5.97 Å². The van der Waals surface area contributed by atoms with E-state index in [0.717, 1.165) is 12.8 Å². The van der Waals surface area contributed by atoms with Gasteiger partial charge in [0, 0.05) is 10.9 Å². The lowest BCUT2D eigenvalue weighted by Crippen LogP contribution is -2.05. The lowest BCUT2D eigenvalue weighted by atomic mass is 10.3. The van der Waals surface area contributed by atoms with E-state index in [1.807, 2.05) is 0 Å². The zero-order valence-electron chi connectivity index (χ0n) is 9.98. The molecule has 0 radical (unpaired) electrons. The van der Waals surface area contributed by atoms with Gasteiger partial charge in [0.2, 0.25) is 0 Å². The fourth-order valence-corrected chi connectivity index (χ4v) is 2.90. The zero-order valence-corrected chi connectivity index (χ0v) is 12.2. The maximum atomic E-state index is 11.0. The van der Waals surface area contributed by atoms with Crippen molar-refractivity contribution < 1.29 is 9.90 Å². The van der Waals surface area contributed by atoms with Crippen LogP contribution in [-0.4, -0.2) is 25.8 Å². The van der Waals surface area contributed by atoms with E-state index >= 15 is 0 Å². The Kier molecular flexibility index (Phi) is 3.36. The SMILES string of the molecule is O=C(O)c1nc(C2CC2)n(-c2c(Cl)cc(Cl)cc2Cl)n1. The highest BCUT2D eigenvalue weighted by molar-refractivity contribution is 6.40. The van der Waals surface area contributed by atoms with Crippen molar-refractivity contribution in [2.24, 2.45) is 0 Å². The van der Waals surface area contributed by atoms with Crippen LogP contribution in [-0.2, 0) is 0 Å². The average Bonchev–Trinajstić information content (AvgIpc) is 3.09. The molecule has 1 aromatic heterocycles. The Morgan fingerprint density at radius 1 is 1.25 bits per heavy atom. The fourth-order valence-electron chi connectivity index (χ4n) is 1.92. The van der Waals surface area contributed by atoms with Crippen molar-refractivity contribution in [2.75, 3.05) is 0 Å². The molecule has 0 unspecified atom stereocenters. The van der Waals surface area contributed by atoms with Gasteiger partial charge in [0.15, 0.2) is 0 Å². The smallest absolute Gasteiger partial charge is 0.375 e. The van der Waals surface area contributed by atoms with E-state index in [4.69, 9.17) is 39.9 Å². The monoisotopic (exact) mass is 331 g/mol. The predicted octanol–water partition coefficient (Wildman–Crippen LogP) is 3.80. The molecule has 3 rings (SSSR count). The molecule has 1 heterocycles. The van der Waals surface area contributed by atoms with Gasteiger partial charge in [-0.2, -0.15) is 0 Å². The van der Waals surface area contributed by atoms with E-state index in [1.165, 1.54) is 16.8 Å². The first-order valence-corrected chi connectivity index (χ1v) is 6.96. The van der Waals surface area contributed by atoms with Crippen molar-refractivity contribution in [1.29, 1.82) is 0 Å². The number of carbonyl (C=O) groups is 1. The van der Waals surface area contributed by atoms with Gasteiger partial charge in [0.05, 0.1) is 10.0 Å². The van der Waals surface area contributed by atoms with E-state index in [1.54, 1.807) is 0 Å². The molecular formula is C12H8Cl3N3O2. The first kappa shape index (κ1) is 13.7. The number of carboxylic acids is 1. The van der Waals surface area contributed by atoms with Crippen LogP contribution in [0.5, 0.6) is 0 Å². The summed E-state index contributed by atoms with van der Waals surface area (Å²) in [6.07, 6.45) is 1.89. The van der Waals surface area contributed by atoms with Crippen molar-refractivity contribution in [3.05, 3.63) is 38.8 Å². The van der Waals surface area contributed by atoms with Gasteiger partial charge in [-0.1, -0.05) is 34.8 Å². The quantitative estimate of drug-likeness (QED) is 0.928. The molecule has 1 aliphatic rings. The maximum absolute atomic E-state index is 11.0. The number of carboxylic acid groups (broad SMARTS) is 1. The van der Waals surface area contributed by atoms with Crippen LogP contribution in [0, 0.1) is 0 Å². The van der Waals surface area contributed by atoms with Crippen LogP contribution < -0.4 is 0 Å². The number of hydrogen-bond acceptors (Lipinski definition) is 3. The summed E-state index contributed by atoms with van der Waals surface area (Å²) >= 11 is 18.2. The van der Waals surface area contributed by atoms with Crippen LogP contribution in [0.2, 0.25) is 15.1 Å². The average molecular weight is 333 g/mol. The summed E-state index contributed by atoms with van der Waals surface area (Å²) in [7, 11) is 0. The molecule has 20 heavy (non-hydrogen) atoms. The summed E-state index contributed by atoms with van der Waals surface area (Å²) < 4.78 is 1.40. The Hall–Kier alpha value is -1.30. The number of rotatable bonds is 3. The van der Waals surface area contributed by atoms with Crippen molar-refractivity contribution in [2.45, 2.75) is 18.8 Å². The topological polar surface area (TPSA) is 68.0 Å². The van der Waals surface area contributed by atoms with E-state index in [-0.39, 0.29) is 11.7 Å². The van der Waals surface area contributed by atoms with Crippen LogP contribution in [0.25, 0.3) is 5.69 Å². The van der Waals surface area contributed by atoms with Crippen LogP contribution in [0.1, 0.15) is 35.2 Å². The second-order valence-electron chi connectivity index (χ2n) is 4.50. The highest BCUT2D eigenvalue weighted by Gasteiger charge is 2.32. The summed E-state index contributed by atoms with van der Waals surface area (Å²) in [5, 5.41) is 14.0. The molecule has 0 spiro atoms. The Morgan fingerprint density at radius 3 is 2.35 bits per heavy atom. The van der Waals surface area contributed by atoms with Gasteiger partial charge in [0.25, 0.3) is 5.82 Å². The normalized spacial score (nSPS) is 14.6. The molecule has 0 amide bonds. The van der Waals surface area contributed by atoms with Crippen molar-refractivity contribution in [3.8, 4) is 5.69 Å². The lowest BCUT2D eigenvalue weighted by Gasteiger charge is -2.09. The van der Waals surface area contributed by atoms with Crippen LogP contribution in [0.15, 0.2) is 12.1 Å². The van der Waals surface area contributed by atoms with Gasteiger partial charge in [0.1, 0.15) is 11.5 Å². The first-order chi connectivity index (χ1) is 9.47. The number of benzene rings is 1. The minimum atomic E-state index is -1.19. The third-order valence-electron chi connectivity index (χ3n) is 2.96. The summed E-state index contributed by atoms with van der Waals surface area (Å²) in [6, 6.07) is 3.06. The zero-order chi connectivity index (χ0) is 14.4. The number of aromatic carboxylic acids is 1. The molecule has 2 aromatic rings. The Labute approximate surface area is 129 Å². The van der Waals surface area contributed by atoms with Crippen molar-refractivity contribution in [1.82, 2.24) is 14.8 Å². The van der Waals surface area contributed by atoms with Crippen molar-refractivity contribution in [3.63, 3.8) is 0 Å². The third kappa shape index (κ3) is 2.37. The van der Waals surface area contributed by atoms with E-state index in [0.29, 0.717) is 26.6 Å². The first-order valence-electron chi connectivity index (χ1n) is 5.82. The molecular weight excluding hydrogens is 325 g/mol. The number of nitrogens with zero attached hydrogens (tertiary/aromatic N) is 3. The third-order valence-corrected chi connectivity index (χ3v) is 3.75. The largest absolute Gasteiger partial charge is 0.475 e. The van der Waals surface area contributed by atoms with Gasteiger partial charge >= 0.3 is 5.97 Å². The second-order valence-corrected chi connectivity index (χ2v) is 5.75. The fraction of sp³-hybridized carbons (Fsp3) is 0.250. The molecule has 0 atom stereocenters. The highest BCUT2D eigenvalue weighted by Crippen LogP contribution is 2.41. The molecule has 5 nitrogen and oxygen atoms in total. The van der Waals surface area contributed by atoms with Gasteiger partial charge < -0.3 is 5.11 Å². The van der Waals surface area contributed by atoms with E-state index in [9.17, 15) is 4.79 Å². The van der Waals surface area contributed by atoms with E-state index in [2.05, 4.69) is 10.1 Å². The molecule has 1 saturated carbocycles. The predicted molar refractivity (Wildman–Crippen MR) is 75.3 cm³/mol. The summed E-state index contributed by atoms with van der Waals surface area (Å²) in [5.41, 5.74) is 0.402. The number of hydrogen-bond donors (Lipinski definition) is 1. The maximum Gasteiger partial charge on any atom is 0.375 e. The molecule has 1 aromatic carbocycles. The summed E-state index contributed by atoms with van der Waals surface area (Å²) in [6.45, 7) is 0. The van der Waals surface area contributed by atoms with Crippen LogP contribution in [0.3, 0.4) is 0 Å². The molecule has 1 N–H and O–H groups in total. The van der Waals surface area contributed by atoms with Gasteiger partial charge in [-0.15, -0.1) is 5.10 Å². The van der Waals surface area contributed by atoms with Gasteiger partial charge in [-0.05, 0) is 25.0 Å². The Balaban J connectivity index is 2.21. The number of aromatic nitrogens is 3. The number of halogens is 3. The van der Waals surface area contributed by atoms with Gasteiger partial charge in [-0.25, -0.2) is 14.5 Å². The van der Waals surface area contributed by atoms with Gasteiger partial charge in [-0.3, -0.25) is 0 Å². The van der Waals surface area contributed by atoms with Crippen LogP contribution >= 0.6 is 34.8 Å². The second kappa shape index (κ2) is 4.91. The molecule has 0 aliphatic heterocycles. The molecule has 104 valence electrons. The molecule has 1 aliphatic carbocycles. The standard InChI is InChI=1S/C12H8Cl3N3O2/c13-6-3-7(14)9(8(15)4-6)18-11(5-1-2-5)16-10(17-18)12(19)20/h3-5H,1-2H2,(H,19,20). The molecule has 1 fully saturated rings. The summed E-state index contributed by atoms with van der Waals surface area (Å²) in [5.74, 6) is -0.701. The Morgan fingerprint density at radius 2 is 1.85 bits per heavy atom. The van der Waals surface area contributed by atoms with Crippen molar-refractivity contribution >= 4 is 40.8 Å². The molecule has 8 heteroatoms. The minimum Gasteiger partial charge on any atom is -0.475 e. The summed E-state index contributed by atoms with van der Waals surface area (Å²) in [4.78, 5) is 15.1. The Bertz CT molecular complexity index is 687.